The molecule has 3 aromatic rings. The van der Waals surface area contributed by atoms with Crippen molar-refractivity contribution >= 4 is 27.6 Å². The van der Waals surface area contributed by atoms with Crippen molar-refractivity contribution in [3.63, 3.8) is 0 Å². The third-order valence-corrected chi connectivity index (χ3v) is 4.55. The maximum atomic E-state index is 6.18. The van der Waals surface area contributed by atoms with Gasteiger partial charge in [0.05, 0.1) is 18.9 Å². The Morgan fingerprint density at radius 3 is 2.67 bits per heavy atom. The first kappa shape index (κ1) is 12.5. The molecule has 1 aliphatic heterocycles. The van der Waals surface area contributed by atoms with E-state index in [4.69, 9.17) is 4.42 Å². The monoisotopic (exact) mass is 279 g/mol. The highest BCUT2D eigenvalue weighted by atomic mass is 16.3. The normalized spacial score (nSPS) is 21.8. The van der Waals surface area contributed by atoms with Crippen molar-refractivity contribution in [1.29, 1.82) is 0 Å². The second-order valence-corrected chi connectivity index (χ2v) is 5.85. The van der Waals surface area contributed by atoms with E-state index in [0.29, 0.717) is 6.17 Å². The van der Waals surface area contributed by atoms with Gasteiger partial charge in [-0.1, -0.05) is 30.3 Å². The van der Waals surface area contributed by atoms with Crippen molar-refractivity contribution in [3.05, 3.63) is 54.4 Å². The fourth-order valence-corrected chi connectivity index (χ4v) is 3.15. The van der Waals surface area contributed by atoms with Crippen LogP contribution in [0.3, 0.4) is 0 Å². The standard InChI is InChI=1S/C18H18N2O/c1-12-8-9-15-14-6-4-5-7-16(14)21-18(15)17(12)20-11-10-19(3)13(20)2/h4-11,13H,1-3H3/p+1. The Bertz CT molecular complexity index is 862. The van der Waals surface area contributed by atoms with Crippen LogP contribution in [0.25, 0.3) is 21.9 Å². The lowest BCUT2D eigenvalue weighted by Gasteiger charge is -2.24. The summed E-state index contributed by atoms with van der Waals surface area (Å²) in [6.45, 7) is 4.38. The first-order chi connectivity index (χ1) is 10.2. The lowest BCUT2D eigenvalue weighted by molar-refractivity contribution is -0.843. The van der Waals surface area contributed by atoms with Gasteiger partial charge in [0.15, 0.2) is 11.7 Å². The van der Waals surface area contributed by atoms with Gasteiger partial charge >= 0.3 is 0 Å². The van der Waals surface area contributed by atoms with Crippen LogP contribution in [0.15, 0.2) is 53.2 Å². The van der Waals surface area contributed by atoms with Gasteiger partial charge in [-0.2, -0.15) is 0 Å². The average Bonchev–Trinajstić information content (AvgIpc) is 3.01. The summed E-state index contributed by atoms with van der Waals surface area (Å²) in [5, 5.41) is 2.38. The molecule has 21 heavy (non-hydrogen) atoms. The Balaban J connectivity index is 2.04. The molecule has 0 fully saturated rings. The molecule has 1 N–H and O–H groups in total. The summed E-state index contributed by atoms with van der Waals surface area (Å²) < 4.78 is 6.18. The van der Waals surface area contributed by atoms with Crippen LogP contribution in [-0.4, -0.2) is 13.2 Å². The van der Waals surface area contributed by atoms with E-state index in [-0.39, 0.29) is 0 Å². The van der Waals surface area contributed by atoms with Crippen molar-refractivity contribution in [1.82, 2.24) is 0 Å². The molecule has 3 nitrogen and oxygen atoms in total. The number of quaternary nitrogens is 1. The Hall–Kier alpha value is -2.26. The van der Waals surface area contributed by atoms with E-state index >= 15 is 0 Å². The number of rotatable bonds is 1. The van der Waals surface area contributed by atoms with Gasteiger partial charge in [-0.25, -0.2) is 0 Å². The predicted octanol–water partition coefficient (Wildman–Crippen LogP) is 3.05. The molecule has 4 rings (SSSR count). The summed E-state index contributed by atoms with van der Waals surface area (Å²) in [7, 11) is 2.18. The number of para-hydroxylation sites is 1. The molecule has 0 aliphatic carbocycles. The van der Waals surface area contributed by atoms with Crippen molar-refractivity contribution in [3.8, 4) is 0 Å². The predicted molar refractivity (Wildman–Crippen MR) is 86.4 cm³/mol. The van der Waals surface area contributed by atoms with Crippen LogP contribution in [0.2, 0.25) is 0 Å². The first-order valence-corrected chi connectivity index (χ1v) is 7.37. The highest BCUT2D eigenvalue weighted by Crippen LogP contribution is 2.38. The average molecular weight is 279 g/mol. The summed E-state index contributed by atoms with van der Waals surface area (Å²) in [6.07, 6.45) is 4.73. The van der Waals surface area contributed by atoms with E-state index in [1.54, 1.807) is 0 Å². The summed E-state index contributed by atoms with van der Waals surface area (Å²) >= 11 is 0. The minimum atomic E-state index is 0.377. The van der Waals surface area contributed by atoms with E-state index < -0.39 is 0 Å². The number of fused-ring (bicyclic) bond motifs is 3. The molecule has 1 aliphatic rings. The summed E-state index contributed by atoms with van der Waals surface area (Å²) in [4.78, 5) is 3.69. The number of anilines is 1. The summed E-state index contributed by atoms with van der Waals surface area (Å²) in [5.74, 6) is 0. The highest BCUT2D eigenvalue weighted by molar-refractivity contribution is 6.09. The molecule has 0 radical (unpaired) electrons. The molecule has 0 saturated heterocycles. The molecule has 0 saturated carbocycles. The molecule has 0 spiro atoms. The van der Waals surface area contributed by atoms with E-state index in [1.165, 1.54) is 26.9 Å². The van der Waals surface area contributed by atoms with Gasteiger partial charge < -0.3 is 4.42 Å². The molecule has 0 bridgehead atoms. The number of hydrogen-bond acceptors (Lipinski definition) is 2. The Kier molecular flexibility index (Phi) is 2.59. The molecule has 2 heterocycles. The molecule has 2 atom stereocenters. The topological polar surface area (TPSA) is 20.8 Å². The van der Waals surface area contributed by atoms with Crippen molar-refractivity contribution in [2.24, 2.45) is 0 Å². The molecule has 2 unspecified atom stereocenters. The number of aryl methyl sites for hydroxylation is 1. The van der Waals surface area contributed by atoms with Gasteiger partial charge in [0, 0.05) is 17.7 Å². The molecule has 1 aromatic heterocycles. The van der Waals surface area contributed by atoms with E-state index in [1.807, 2.05) is 12.1 Å². The van der Waals surface area contributed by atoms with Crippen LogP contribution < -0.4 is 9.80 Å². The first-order valence-electron chi connectivity index (χ1n) is 7.37. The lowest BCUT2D eigenvalue weighted by atomic mass is 10.1. The van der Waals surface area contributed by atoms with Gasteiger partial charge in [-0.05, 0) is 18.6 Å². The van der Waals surface area contributed by atoms with Crippen molar-refractivity contribution in [2.75, 3.05) is 11.9 Å². The third kappa shape index (κ3) is 1.71. The summed E-state index contributed by atoms with van der Waals surface area (Å²) in [6, 6.07) is 12.6. The smallest absolute Gasteiger partial charge is 0.168 e. The third-order valence-electron chi connectivity index (χ3n) is 4.55. The number of nitrogens with zero attached hydrogens (tertiary/aromatic N) is 1. The number of hydrogen-bond donors (Lipinski definition) is 1. The maximum Gasteiger partial charge on any atom is 0.168 e. The van der Waals surface area contributed by atoms with Crippen molar-refractivity contribution in [2.45, 2.75) is 20.0 Å². The number of nitrogens with one attached hydrogen (secondary N) is 1. The molecular weight excluding hydrogens is 260 g/mol. The largest absolute Gasteiger partial charge is 0.454 e. The van der Waals surface area contributed by atoms with Crippen molar-refractivity contribution < 1.29 is 9.32 Å². The van der Waals surface area contributed by atoms with E-state index in [0.717, 1.165) is 11.2 Å². The van der Waals surface area contributed by atoms with Crippen LogP contribution in [-0.2, 0) is 0 Å². The second-order valence-electron chi connectivity index (χ2n) is 5.85. The minimum absolute atomic E-state index is 0.377. The van der Waals surface area contributed by atoms with Gasteiger partial charge in [-0.3, -0.25) is 9.80 Å². The molecule has 3 heteroatoms. The molecule has 106 valence electrons. The van der Waals surface area contributed by atoms with Crippen LogP contribution in [0.4, 0.5) is 5.69 Å². The van der Waals surface area contributed by atoms with Gasteiger partial charge in [0.1, 0.15) is 11.8 Å². The van der Waals surface area contributed by atoms with Gasteiger partial charge in [0.2, 0.25) is 0 Å². The zero-order chi connectivity index (χ0) is 14.6. The van der Waals surface area contributed by atoms with Crippen LogP contribution in [0.5, 0.6) is 0 Å². The lowest BCUT2D eigenvalue weighted by Crippen LogP contribution is -3.08. The maximum absolute atomic E-state index is 6.18. The van der Waals surface area contributed by atoms with Crippen LogP contribution >= 0.6 is 0 Å². The second kappa shape index (κ2) is 4.37. The molecule has 0 amide bonds. The fraction of sp³-hybridized carbons (Fsp3) is 0.222. The molecular formula is C18H19N2O+. The molecule has 2 aromatic carbocycles. The van der Waals surface area contributed by atoms with E-state index in [2.05, 4.69) is 62.5 Å². The highest BCUT2D eigenvalue weighted by Gasteiger charge is 2.28. The quantitative estimate of drug-likeness (QED) is 0.739. The zero-order valence-electron chi connectivity index (χ0n) is 12.6. The number of benzene rings is 2. The van der Waals surface area contributed by atoms with E-state index in [9.17, 15) is 0 Å². The SMILES string of the molecule is Cc1ccc2c(oc3ccccc32)c1N1C=C[NH+](C)C1C. The zero-order valence-corrected chi connectivity index (χ0v) is 12.6. The Morgan fingerprint density at radius 1 is 1.10 bits per heavy atom. The fourth-order valence-electron chi connectivity index (χ4n) is 3.15. The van der Waals surface area contributed by atoms with Gasteiger partial charge in [-0.15, -0.1) is 0 Å². The minimum Gasteiger partial charge on any atom is -0.454 e. The Labute approximate surface area is 124 Å². The van der Waals surface area contributed by atoms with Crippen LogP contribution in [0, 0.1) is 6.92 Å². The Morgan fingerprint density at radius 2 is 1.90 bits per heavy atom. The summed E-state index contributed by atoms with van der Waals surface area (Å²) in [5.41, 5.74) is 4.37. The van der Waals surface area contributed by atoms with Crippen LogP contribution in [0.1, 0.15) is 12.5 Å². The van der Waals surface area contributed by atoms with Gasteiger partial charge in [0.25, 0.3) is 0 Å². The number of furan rings is 1.